The van der Waals surface area contributed by atoms with Crippen molar-refractivity contribution >= 4 is 22.4 Å². The molecule has 0 saturated carbocycles. The Kier molecular flexibility index (Phi) is 2.53. The molecule has 0 unspecified atom stereocenters. The molecule has 4 aromatic rings. The predicted octanol–water partition coefficient (Wildman–Crippen LogP) is 0.719. The van der Waals surface area contributed by atoms with Gasteiger partial charge in [0.05, 0.1) is 48.5 Å². The molecule has 1 aliphatic rings. The molecule has 0 radical (unpaired) electrons. The summed E-state index contributed by atoms with van der Waals surface area (Å²) >= 11 is 0. The average Bonchev–Trinajstić information content (AvgIpc) is 3.20. The van der Waals surface area contributed by atoms with Crippen molar-refractivity contribution in [3.63, 3.8) is 0 Å². The monoisotopic (exact) mass is 321 g/mol. The Morgan fingerprint density at radius 1 is 1.12 bits per heavy atom. The van der Waals surface area contributed by atoms with Gasteiger partial charge in [0.1, 0.15) is 11.1 Å². The van der Waals surface area contributed by atoms with Crippen LogP contribution in [-0.4, -0.2) is 47.6 Å². The van der Waals surface area contributed by atoms with Gasteiger partial charge in [-0.05, 0) is 12.1 Å². The van der Waals surface area contributed by atoms with E-state index >= 15 is 0 Å². The van der Waals surface area contributed by atoms with Gasteiger partial charge in [0.25, 0.3) is 0 Å². The number of anilines is 1. The lowest BCUT2D eigenvalue weighted by molar-refractivity contribution is -0.000322. The molecule has 5 rings (SSSR count). The second-order valence-corrected chi connectivity index (χ2v) is 6.20. The number of β-amino-alcohol motifs (C(OH)–C–C–N with tert-alkyl or cyclic N) is 1. The Morgan fingerprint density at radius 2 is 1.96 bits per heavy atom. The summed E-state index contributed by atoms with van der Waals surface area (Å²) < 4.78 is 3.64. The lowest BCUT2D eigenvalue weighted by Gasteiger charge is -2.46. The van der Waals surface area contributed by atoms with E-state index in [9.17, 15) is 5.11 Å². The Labute approximate surface area is 137 Å². The molecule has 4 heterocycles. The molecule has 1 aliphatic heterocycles. The van der Waals surface area contributed by atoms with Crippen LogP contribution < -0.4 is 4.90 Å². The summed E-state index contributed by atoms with van der Waals surface area (Å²) in [4.78, 5) is 11.1. The molecule has 1 saturated heterocycles. The molecule has 0 amide bonds. The third kappa shape index (κ3) is 1.71. The third-order valence-corrected chi connectivity index (χ3v) is 4.63. The van der Waals surface area contributed by atoms with E-state index in [1.165, 1.54) is 0 Å². The highest BCUT2D eigenvalue weighted by Crippen LogP contribution is 2.36. The Balaban J connectivity index is 1.58. The molecule has 8 heteroatoms. The minimum Gasteiger partial charge on any atom is -0.380 e. The Morgan fingerprint density at radius 3 is 2.75 bits per heavy atom. The van der Waals surface area contributed by atoms with Gasteiger partial charge in [0, 0.05) is 7.05 Å². The van der Waals surface area contributed by atoms with Gasteiger partial charge in [-0.15, -0.1) is 5.10 Å². The van der Waals surface area contributed by atoms with E-state index in [0.717, 1.165) is 22.4 Å². The van der Waals surface area contributed by atoms with Crippen LogP contribution in [-0.2, 0) is 12.6 Å². The van der Waals surface area contributed by atoms with Crippen LogP contribution in [0.1, 0.15) is 5.69 Å². The number of hydrogen-bond acceptors (Lipinski definition) is 6. The first kappa shape index (κ1) is 13.4. The Bertz CT molecular complexity index is 1060. The summed E-state index contributed by atoms with van der Waals surface area (Å²) in [5.74, 6) is 0.825. The van der Waals surface area contributed by atoms with Crippen molar-refractivity contribution in [1.82, 2.24) is 29.4 Å². The smallest absolute Gasteiger partial charge is 0.155 e. The molecule has 0 aliphatic carbocycles. The fraction of sp³-hybridized carbons (Fsp3) is 0.250. The second-order valence-electron chi connectivity index (χ2n) is 6.20. The van der Waals surface area contributed by atoms with Gasteiger partial charge < -0.3 is 10.0 Å². The van der Waals surface area contributed by atoms with E-state index in [4.69, 9.17) is 4.98 Å². The maximum Gasteiger partial charge on any atom is 0.155 e. The van der Waals surface area contributed by atoms with Crippen LogP contribution in [0.5, 0.6) is 0 Å². The highest BCUT2D eigenvalue weighted by atomic mass is 16.3. The molecule has 1 aromatic carbocycles. The zero-order valence-corrected chi connectivity index (χ0v) is 13.0. The maximum absolute atomic E-state index is 10.8. The number of aliphatic hydroxyl groups is 1. The third-order valence-electron chi connectivity index (χ3n) is 4.63. The minimum atomic E-state index is -0.956. The second kappa shape index (κ2) is 4.51. The van der Waals surface area contributed by atoms with Crippen molar-refractivity contribution in [2.45, 2.75) is 5.60 Å². The molecule has 0 atom stereocenters. The van der Waals surface area contributed by atoms with Crippen LogP contribution >= 0.6 is 0 Å². The summed E-state index contributed by atoms with van der Waals surface area (Å²) in [5.41, 5.74) is 2.60. The van der Waals surface area contributed by atoms with E-state index in [1.807, 2.05) is 28.7 Å². The van der Waals surface area contributed by atoms with E-state index in [2.05, 4.69) is 20.2 Å². The lowest BCUT2D eigenvalue weighted by Crippen LogP contribution is -2.60. The fourth-order valence-electron chi connectivity index (χ4n) is 3.43. The van der Waals surface area contributed by atoms with Crippen molar-refractivity contribution in [1.29, 1.82) is 0 Å². The molecule has 8 nitrogen and oxygen atoms in total. The first-order valence-corrected chi connectivity index (χ1v) is 7.69. The standard InChI is InChI=1S/C16H15N7O/c1-21-14(7-18-20-21)16(24)8-22(9-16)15-13-6-17-10-23(13)12-5-3-2-4-11(12)19-15/h2-7,10,24H,8-9H2,1H3. The highest BCUT2D eigenvalue weighted by Gasteiger charge is 2.46. The number of para-hydroxylation sites is 2. The van der Waals surface area contributed by atoms with Crippen LogP contribution in [0, 0.1) is 0 Å². The normalized spacial score (nSPS) is 16.7. The number of rotatable bonds is 2. The van der Waals surface area contributed by atoms with E-state index < -0.39 is 5.60 Å². The van der Waals surface area contributed by atoms with Gasteiger partial charge in [-0.3, -0.25) is 4.40 Å². The fourth-order valence-corrected chi connectivity index (χ4v) is 3.43. The number of fused-ring (bicyclic) bond motifs is 3. The van der Waals surface area contributed by atoms with Crippen molar-refractivity contribution in [2.24, 2.45) is 7.05 Å². The summed E-state index contributed by atoms with van der Waals surface area (Å²) in [6.07, 6.45) is 5.21. The lowest BCUT2D eigenvalue weighted by atomic mass is 9.90. The van der Waals surface area contributed by atoms with Crippen molar-refractivity contribution in [3.05, 3.63) is 48.7 Å². The predicted molar refractivity (Wildman–Crippen MR) is 87.6 cm³/mol. The van der Waals surface area contributed by atoms with E-state index in [1.54, 1.807) is 30.5 Å². The molecule has 24 heavy (non-hydrogen) atoms. The number of benzene rings is 1. The summed E-state index contributed by atoms with van der Waals surface area (Å²) in [5, 5.41) is 18.6. The number of aryl methyl sites for hydroxylation is 1. The molecule has 0 bridgehead atoms. The quantitative estimate of drug-likeness (QED) is 0.586. The van der Waals surface area contributed by atoms with Crippen LogP contribution in [0.3, 0.4) is 0 Å². The molecule has 1 fully saturated rings. The zero-order chi connectivity index (χ0) is 16.3. The van der Waals surface area contributed by atoms with Crippen LogP contribution in [0.15, 0.2) is 43.0 Å². The van der Waals surface area contributed by atoms with Crippen LogP contribution in [0.4, 0.5) is 5.82 Å². The van der Waals surface area contributed by atoms with Crippen LogP contribution in [0.2, 0.25) is 0 Å². The molecule has 3 aromatic heterocycles. The first-order chi connectivity index (χ1) is 11.7. The number of imidazole rings is 1. The Hall–Kier alpha value is -3.00. The first-order valence-electron chi connectivity index (χ1n) is 7.69. The summed E-state index contributed by atoms with van der Waals surface area (Å²) in [6.45, 7) is 0.890. The zero-order valence-electron chi connectivity index (χ0n) is 13.0. The highest BCUT2D eigenvalue weighted by molar-refractivity contribution is 5.84. The number of nitrogens with zero attached hydrogens (tertiary/aromatic N) is 7. The van der Waals surface area contributed by atoms with Gasteiger partial charge in [-0.25, -0.2) is 14.6 Å². The van der Waals surface area contributed by atoms with Gasteiger partial charge in [-0.1, -0.05) is 17.3 Å². The van der Waals surface area contributed by atoms with Gasteiger partial charge in [-0.2, -0.15) is 0 Å². The molecule has 120 valence electrons. The van der Waals surface area contributed by atoms with Crippen molar-refractivity contribution in [3.8, 4) is 0 Å². The molecule has 1 N–H and O–H groups in total. The molecular weight excluding hydrogens is 306 g/mol. The van der Waals surface area contributed by atoms with Crippen LogP contribution in [0.25, 0.3) is 16.6 Å². The number of hydrogen-bond donors (Lipinski definition) is 1. The van der Waals surface area contributed by atoms with E-state index in [0.29, 0.717) is 18.8 Å². The van der Waals surface area contributed by atoms with Gasteiger partial charge >= 0.3 is 0 Å². The number of aromatic nitrogens is 6. The summed E-state index contributed by atoms with van der Waals surface area (Å²) in [7, 11) is 1.78. The van der Waals surface area contributed by atoms with Crippen molar-refractivity contribution < 1.29 is 5.11 Å². The minimum absolute atomic E-state index is 0.445. The largest absolute Gasteiger partial charge is 0.380 e. The maximum atomic E-state index is 10.8. The topological polar surface area (TPSA) is 84.4 Å². The molecule has 0 spiro atoms. The van der Waals surface area contributed by atoms with Gasteiger partial charge in [0.15, 0.2) is 5.82 Å². The summed E-state index contributed by atoms with van der Waals surface area (Å²) in [6, 6.07) is 7.96. The van der Waals surface area contributed by atoms with Crippen molar-refractivity contribution in [2.75, 3.05) is 18.0 Å². The van der Waals surface area contributed by atoms with Gasteiger partial charge in [0.2, 0.25) is 0 Å². The van der Waals surface area contributed by atoms with E-state index in [-0.39, 0.29) is 0 Å². The average molecular weight is 321 g/mol. The molecular formula is C16H15N7O. The SMILES string of the molecule is Cn1nncc1C1(O)CN(c2nc3ccccc3n3cncc23)C1.